The number of hydrogen-bond donors (Lipinski definition) is 0. The average Bonchev–Trinajstić information content (AvgIpc) is 2.04. The maximum atomic E-state index is 5.30. The van der Waals surface area contributed by atoms with Crippen molar-refractivity contribution < 1.29 is 4.74 Å². The Morgan fingerprint density at radius 3 is 2.46 bits per heavy atom. The van der Waals surface area contributed by atoms with Crippen molar-refractivity contribution in [3.05, 3.63) is 0 Å². The highest BCUT2D eigenvalue weighted by Gasteiger charge is 2.12. The van der Waals surface area contributed by atoms with Crippen LogP contribution in [0.15, 0.2) is 4.99 Å². The fourth-order valence-electron chi connectivity index (χ4n) is 1.46. The normalized spacial score (nSPS) is 21.2. The standard InChI is InChI=1S/C11H21NO/c1-11(2,3)12-7-4-10-5-8-13-9-6-10/h7,10H,4-6,8-9H2,1-3H3. The molecule has 1 heterocycles. The van der Waals surface area contributed by atoms with Crippen molar-refractivity contribution in [1.29, 1.82) is 0 Å². The van der Waals surface area contributed by atoms with Crippen LogP contribution in [0, 0.1) is 5.92 Å². The molecule has 0 unspecified atom stereocenters. The van der Waals surface area contributed by atoms with Gasteiger partial charge in [-0.1, -0.05) is 0 Å². The second-order valence-corrected chi connectivity index (χ2v) is 4.77. The van der Waals surface area contributed by atoms with E-state index >= 15 is 0 Å². The summed E-state index contributed by atoms with van der Waals surface area (Å²) in [6, 6.07) is 0. The predicted octanol–water partition coefficient (Wildman–Crippen LogP) is 2.67. The molecule has 13 heavy (non-hydrogen) atoms. The molecule has 0 saturated carbocycles. The van der Waals surface area contributed by atoms with Crippen molar-refractivity contribution in [2.75, 3.05) is 13.2 Å². The minimum atomic E-state index is 0.0885. The monoisotopic (exact) mass is 183 g/mol. The molecule has 0 amide bonds. The van der Waals surface area contributed by atoms with Gasteiger partial charge in [0.2, 0.25) is 0 Å². The lowest BCUT2D eigenvalue weighted by Gasteiger charge is -2.20. The summed E-state index contributed by atoms with van der Waals surface area (Å²) in [4.78, 5) is 4.48. The fourth-order valence-corrected chi connectivity index (χ4v) is 1.46. The molecule has 0 aromatic rings. The highest BCUT2D eigenvalue weighted by Crippen LogP contribution is 2.17. The molecule has 0 N–H and O–H groups in total. The summed E-state index contributed by atoms with van der Waals surface area (Å²) in [7, 11) is 0. The average molecular weight is 183 g/mol. The zero-order valence-corrected chi connectivity index (χ0v) is 9.05. The minimum absolute atomic E-state index is 0.0885. The van der Waals surface area contributed by atoms with Crippen LogP contribution in [0.25, 0.3) is 0 Å². The number of rotatable bonds is 2. The highest BCUT2D eigenvalue weighted by atomic mass is 16.5. The topological polar surface area (TPSA) is 21.6 Å². The van der Waals surface area contributed by atoms with Crippen molar-refractivity contribution in [3.8, 4) is 0 Å². The number of nitrogens with zero attached hydrogens (tertiary/aromatic N) is 1. The molecule has 0 radical (unpaired) electrons. The van der Waals surface area contributed by atoms with E-state index in [0.29, 0.717) is 0 Å². The minimum Gasteiger partial charge on any atom is -0.381 e. The summed E-state index contributed by atoms with van der Waals surface area (Å²) in [6.45, 7) is 8.27. The molecule has 2 heteroatoms. The first-order chi connectivity index (χ1) is 6.08. The van der Waals surface area contributed by atoms with Crippen molar-refractivity contribution >= 4 is 6.21 Å². The van der Waals surface area contributed by atoms with Crippen LogP contribution in [0.4, 0.5) is 0 Å². The molecule has 76 valence electrons. The van der Waals surface area contributed by atoms with E-state index in [4.69, 9.17) is 4.74 Å². The maximum absolute atomic E-state index is 5.30. The first-order valence-corrected chi connectivity index (χ1v) is 5.19. The van der Waals surface area contributed by atoms with Crippen LogP contribution in [-0.4, -0.2) is 25.0 Å². The molecule has 1 rings (SSSR count). The van der Waals surface area contributed by atoms with Crippen LogP contribution in [0.5, 0.6) is 0 Å². The Balaban J connectivity index is 2.21. The second-order valence-electron chi connectivity index (χ2n) is 4.77. The number of hydrogen-bond acceptors (Lipinski definition) is 2. The van der Waals surface area contributed by atoms with Gasteiger partial charge >= 0.3 is 0 Å². The van der Waals surface area contributed by atoms with Gasteiger partial charge in [-0.3, -0.25) is 4.99 Å². The van der Waals surface area contributed by atoms with Crippen LogP contribution in [0.2, 0.25) is 0 Å². The Kier molecular flexibility index (Phi) is 3.91. The van der Waals surface area contributed by atoms with E-state index in [1.165, 1.54) is 12.8 Å². The van der Waals surface area contributed by atoms with Gasteiger partial charge in [0.25, 0.3) is 0 Å². The van der Waals surface area contributed by atoms with E-state index in [1.54, 1.807) is 0 Å². The molecule has 1 saturated heterocycles. The zero-order chi connectivity index (χ0) is 9.73. The molecule has 0 aromatic carbocycles. The first-order valence-electron chi connectivity index (χ1n) is 5.19. The molecule has 1 aliphatic heterocycles. The SMILES string of the molecule is CC(C)(C)N=CCC1CCOCC1. The molecule has 0 aliphatic carbocycles. The van der Waals surface area contributed by atoms with Crippen molar-refractivity contribution in [3.63, 3.8) is 0 Å². The van der Waals surface area contributed by atoms with Gasteiger partial charge in [-0.25, -0.2) is 0 Å². The Labute approximate surface area is 81.4 Å². The van der Waals surface area contributed by atoms with Crippen molar-refractivity contribution in [2.45, 2.75) is 45.6 Å². The van der Waals surface area contributed by atoms with Gasteiger partial charge in [-0.15, -0.1) is 0 Å². The van der Waals surface area contributed by atoms with Gasteiger partial charge in [0.1, 0.15) is 0 Å². The van der Waals surface area contributed by atoms with Crippen LogP contribution in [0.1, 0.15) is 40.0 Å². The van der Waals surface area contributed by atoms with Crippen LogP contribution < -0.4 is 0 Å². The van der Waals surface area contributed by atoms with Crippen molar-refractivity contribution in [2.24, 2.45) is 10.9 Å². The van der Waals surface area contributed by atoms with Crippen LogP contribution in [0.3, 0.4) is 0 Å². The van der Waals surface area contributed by atoms with Gasteiger partial charge in [-0.05, 0) is 52.2 Å². The maximum Gasteiger partial charge on any atom is 0.0520 e. The molecule has 0 bridgehead atoms. The first kappa shape index (κ1) is 10.7. The lowest BCUT2D eigenvalue weighted by molar-refractivity contribution is 0.0687. The number of aliphatic imine (C=N–C) groups is 1. The Morgan fingerprint density at radius 2 is 1.92 bits per heavy atom. The zero-order valence-electron chi connectivity index (χ0n) is 9.05. The van der Waals surface area contributed by atoms with Gasteiger partial charge in [0, 0.05) is 13.2 Å². The smallest absolute Gasteiger partial charge is 0.0520 e. The lowest BCUT2D eigenvalue weighted by atomic mass is 9.97. The van der Waals surface area contributed by atoms with E-state index in [9.17, 15) is 0 Å². The van der Waals surface area contributed by atoms with E-state index in [2.05, 4.69) is 32.0 Å². The van der Waals surface area contributed by atoms with E-state index in [-0.39, 0.29) is 5.54 Å². The molecule has 1 fully saturated rings. The highest BCUT2D eigenvalue weighted by molar-refractivity contribution is 5.58. The van der Waals surface area contributed by atoms with E-state index < -0.39 is 0 Å². The third kappa shape index (κ3) is 5.04. The molecule has 0 atom stereocenters. The molecule has 1 aliphatic rings. The summed E-state index contributed by atoms with van der Waals surface area (Å²) in [6.07, 6.45) is 5.63. The largest absolute Gasteiger partial charge is 0.381 e. The van der Waals surface area contributed by atoms with Crippen LogP contribution >= 0.6 is 0 Å². The second kappa shape index (κ2) is 4.75. The predicted molar refractivity (Wildman–Crippen MR) is 56.4 cm³/mol. The molecule has 2 nitrogen and oxygen atoms in total. The van der Waals surface area contributed by atoms with Gasteiger partial charge in [0.15, 0.2) is 0 Å². The summed E-state index contributed by atoms with van der Waals surface area (Å²) in [5.41, 5.74) is 0.0885. The van der Waals surface area contributed by atoms with Crippen molar-refractivity contribution in [1.82, 2.24) is 0 Å². The third-order valence-electron chi connectivity index (χ3n) is 2.26. The Bertz CT molecular complexity index is 163. The molecule has 0 spiro atoms. The summed E-state index contributed by atoms with van der Waals surface area (Å²) in [5.74, 6) is 0.805. The Morgan fingerprint density at radius 1 is 1.31 bits per heavy atom. The lowest BCUT2D eigenvalue weighted by Crippen LogP contribution is -2.17. The quantitative estimate of drug-likeness (QED) is 0.603. The summed E-state index contributed by atoms with van der Waals surface area (Å²) < 4.78 is 5.30. The Hall–Kier alpha value is -0.370. The fraction of sp³-hybridized carbons (Fsp3) is 0.909. The summed E-state index contributed by atoms with van der Waals surface area (Å²) in [5, 5.41) is 0. The summed E-state index contributed by atoms with van der Waals surface area (Å²) >= 11 is 0. The van der Waals surface area contributed by atoms with Gasteiger partial charge < -0.3 is 4.74 Å². The number of ether oxygens (including phenoxy) is 1. The van der Waals surface area contributed by atoms with Gasteiger partial charge in [0.05, 0.1) is 5.54 Å². The van der Waals surface area contributed by atoms with E-state index in [0.717, 1.165) is 25.6 Å². The molecular formula is C11H21NO. The molecule has 0 aromatic heterocycles. The van der Waals surface area contributed by atoms with Gasteiger partial charge in [-0.2, -0.15) is 0 Å². The third-order valence-corrected chi connectivity index (χ3v) is 2.26. The van der Waals surface area contributed by atoms with E-state index in [1.807, 2.05) is 0 Å². The van der Waals surface area contributed by atoms with Crippen LogP contribution in [-0.2, 0) is 4.74 Å². The molecular weight excluding hydrogens is 162 g/mol.